The van der Waals surface area contributed by atoms with E-state index in [1.165, 1.54) is 24.3 Å². The number of carbonyl (C=O) groups is 2. The molecular formula is C14H18FNO4. The lowest BCUT2D eigenvalue weighted by Gasteiger charge is -2.24. The second-order valence-electron chi connectivity index (χ2n) is 5.34. The molecule has 0 spiro atoms. The van der Waals surface area contributed by atoms with Crippen molar-refractivity contribution >= 4 is 12.1 Å². The number of nitrogens with one attached hydrogen (secondary N) is 1. The highest BCUT2D eigenvalue weighted by atomic mass is 19.1. The van der Waals surface area contributed by atoms with Crippen molar-refractivity contribution in [3.63, 3.8) is 0 Å². The van der Waals surface area contributed by atoms with Crippen molar-refractivity contribution < 1.29 is 23.8 Å². The molecule has 0 saturated carbocycles. The molecule has 1 rings (SSSR count). The third-order valence-electron chi connectivity index (χ3n) is 2.39. The van der Waals surface area contributed by atoms with Crippen LogP contribution in [-0.4, -0.2) is 28.8 Å². The molecule has 0 saturated heterocycles. The van der Waals surface area contributed by atoms with E-state index < -0.39 is 35.5 Å². The van der Waals surface area contributed by atoms with Crippen molar-refractivity contribution in [3.8, 4) is 0 Å². The number of aliphatic carboxylic acids is 1. The molecular weight excluding hydrogens is 265 g/mol. The van der Waals surface area contributed by atoms with E-state index in [-0.39, 0.29) is 0 Å². The van der Waals surface area contributed by atoms with Gasteiger partial charge in [0.1, 0.15) is 17.5 Å². The Morgan fingerprint density at radius 1 is 1.40 bits per heavy atom. The van der Waals surface area contributed by atoms with Gasteiger partial charge in [0.05, 0.1) is 0 Å². The first kappa shape index (κ1) is 15.9. The average molecular weight is 283 g/mol. The maximum Gasteiger partial charge on any atom is 0.408 e. The summed E-state index contributed by atoms with van der Waals surface area (Å²) in [6.45, 7) is 5.02. The van der Waals surface area contributed by atoms with Crippen LogP contribution in [0.1, 0.15) is 20.8 Å². The fourth-order valence-corrected chi connectivity index (χ4v) is 1.58. The molecule has 2 unspecified atom stereocenters. The normalized spacial score (nSPS) is 19.8. The van der Waals surface area contributed by atoms with Crippen molar-refractivity contribution in [1.29, 1.82) is 0 Å². The predicted octanol–water partition coefficient (Wildman–Crippen LogP) is 2.56. The smallest absolute Gasteiger partial charge is 0.408 e. The van der Waals surface area contributed by atoms with Gasteiger partial charge in [-0.25, -0.2) is 14.0 Å². The predicted molar refractivity (Wildman–Crippen MR) is 71.8 cm³/mol. The number of hydrogen-bond acceptors (Lipinski definition) is 3. The van der Waals surface area contributed by atoms with E-state index in [0.29, 0.717) is 0 Å². The molecule has 110 valence electrons. The summed E-state index contributed by atoms with van der Waals surface area (Å²) in [5.74, 6) is -2.37. The highest BCUT2D eigenvalue weighted by molar-refractivity contribution is 5.81. The van der Waals surface area contributed by atoms with Gasteiger partial charge in [-0.1, -0.05) is 18.2 Å². The lowest BCUT2D eigenvalue weighted by molar-refractivity contribution is -0.140. The number of amides is 1. The molecule has 2 N–H and O–H groups in total. The number of carboxylic acids is 1. The number of carbonyl (C=O) groups excluding carboxylic acids is 1. The Balaban J connectivity index is 2.78. The van der Waals surface area contributed by atoms with Crippen LogP contribution in [0.2, 0.25) is 0 Å². The molecule has 20 heavy (non-hydrogen) atoms. The number of alkyl carbamates (subject to hydrolysis) is 1. The first-order valence-corrected chi connectivity index (χ1v) is 6.13. The Morgan fingerprint density at radius 3 is 2.60 bits per heavy atom. The fraction of sp³-hybridized carbons (Fsp3) is 0.429. The van der Waals surface area contributed by atoms with Gasteiger partial charge in [-0.3, -0.25) is 0 Å². The Labute approximate surface area is 116 Å². The minimum Gasteiger partial charge on any atom is -0.480 e. The minimum absolute atomic E-state index is 0.481. The fourth-order valence-electron chi connectivity index (χ4n) is 1.58. The summed E-state index contributed by atoms with van der Waals surface area (Å²) in [4.78, 5) is 22.9. The Morgan fingerprint density at radius 2 is 2.05 bits per heavy atom. The lowest BCUT2D eigenvalue weighted by Crippen LogP contribution is -2.46. The van der Waals surface area contributed by atoms with E-state index >= 15 is 0 Å². The number of hydrogen-bond donors (Lipinski definition) is 2. The third kappa shape index (κ3) is 5.26. The van der Waals surface area contributed by atoms with Crippen molar-refractivity contribution in [1.82, 2.24) is 5.32 Å². The molecule has 1 amide bonds. The molecule has 0 radical (unpaired) electrons. The largest absolute Gasteiger partial charge is 0.480 e. The monoisotopic (exact) mass is 283 g/mol. The molecule has 0 heterocycles. The summed E-state index contributed by atoms with van der Waals surface area (Å²) < 4.78 is 18.0. The second-order valence-corrected chi connectivity index (χ2v) is 5.34. The first-order valence-electron chi connectivity index (χ1n) is 6.13. The Hall–Kier alpha value is -2.11. The van der Waals surface area contributed by atoms with Crippen molar-refractivity contribution in [3.05, 3.63) is 36.2 Å². The standard InChI is InChI=1S/C14H18FNO4/c1-14(2,3)20-13(19)16-11(12(17)18)9-5-4-6-10(15)8-7-9/h4-9,11H,1-3H3,(H,16,19)(H,17,18). The van der Waals surface area contributed by atoms with Gasteiger partial charge in [-0.15, -0.1) is 0 Å². The van der Waals surface area contributed by atoms with E-state index in [2.05, 4.69) is 5.32 Å². The van der Waals surface area contributed by atoms with Crippen molar-refractivity contribution in [2.75, 3.05) is 0 Å². The van der Waals surface area contributed by atoms with Crippen LogP contribution in [0.15, 0.2) is 36.2 Å². The first-order chi connectivity index (χ1) is 9.19. The van der Waals surface area contributed by atoms with Crippen LogP contribution in [0.25, 0.3) is 0 Å². The topological polar surface area (TPSA) is 75.6 Å². The van der Waals surface area contributed by atoms with Crippen LogP contribution in [0.3, 0.4) is 0 Å². The van der Waals surface area contributed by atoms with Crippen LogP contribution in [0, 0.1) is 5.92 Å². The Kier molecular flexibility index (Phi) is 5.07. The van der Waals surface area contributed by atoms with Gasteiger partial charge in [0.2, 0.25) is 0 Å². The molecule has 0 aromatic carbocycles. The lowest BCUT2D eigenvalue weighted by atomic mass is 9.99. The zero-order valence-electron chi connectivity index (χ0n) is 11.6. The summed E-state index contributed by atoms with van der Waals surface area (Å²) >= 11 is 0. The second kappa shape index (κ2) is 6.36. The molecule has 1 aliphatic carbocycles. The summed E-state index contributed by atoms with van der Waals surface area (Å²) in [6, 6.07) is -1.23. The van der Waals surface area contributed by atoms with Crippen LogP contribution in [0.4, 0.5) is 9.18 Å². The number of carboxylic acid groups (broad SMARTS) is 1. The highest BCUT2D eigenvalue weighted by Gasteiger charge is 2.29. The number of halogens is 1. The van der Waals surface area contributed by atoms with Gasteiger partial charge in [0.25, 0.3) is 0 Å². The summed E-state index contributed by atoms with van der Waals surface area (Å²) in [5, 5.41) is 11.5. The van der Waals surface area contributed by atoms with Crippen molar-refractivity contribution in [2.45, 2.75) is 32.4 Å². The van der Waals surface area contributed by atoms with Crippen LogP contribution in [0.5, 0.6) is 0 Å². The molecule has 5 nitrogen and oxygen atoms in total. The molecule has 0 aliphatic heterocycles. The zero-order chi connectivity index (χ0) is 15.3. The molecule has 6 heteroatoms. The quantitative estimate of drug-likeness (QED) is 0.834. The highest BCUT2D eigenvalue weighted by Crippen LogP contribution is 2.16. The van der Waals surface area contributed by atoms with Gasteiger partial charge in [0.15, 0.2) is 0 Å². The SMILES string of the molecule is CC(C)(C)OC(=O)NC(C(=O)O)C1C=CC=C(F)C=C1. The van der Waals surface area contributed by atoms with E-state index in [9.17, 15) is 19.1 Å². The van der Waals surface area contributed by atoms with Crippen LogP contribution >= 0.6 is 0 Å². The number of rotatable bonds is 3. The van der Waals surface area contributed by atoms with E-state index in [0.717, 1.165) is 6.08 Å². The maximum atomic E-state index is 13.0. The third-order valence-corrected chi connectivity index (χ3v) is 2.39. The average Bonchev–Trinajstić information content (AvgIpc) is 2.48. The molecule has 0 bridgehead atoms. The van der Waals surface area contributed by atoms with Crippen molar-refractivity contribution in [2.24, 2.45) is 5.92 Å². The molecule has 0 aromatic heterocycles. The minimum atomic E-state index is -1.23. The molecule has 0 fully saturated rings. The zero-order valence-corrected chi connectivity index (χ0v) is 11.6. The summed E-state index contributed by atoms with van der Waals surface area (Å²) in [6.07, 6.45) is 5.84. The molecule has 1 aliphatic rings. The van der Waals surface area contributed by atoms with E-state index in [1.807, 2.05) is 0 Å². The number of ether oxygens (including phenoxy) is 1. The molecule has 2 atom stereocenters. The van der Waals surface area contributed by atoms with Crippen LogP contribution in [-0.2, 0) is 9.53 Å². The van der Waals surface area contributed by atoms with Gasteiger partial charge in [-0.2, -0.15) is 0 Å². The molecule has 0 aromatic rings. The van der Waals surface area contributed by atoms with Gasteiger partial charge >= 0.3 is 12.1 Å². The van der Waals surface area contributed by atoms with Gasteiger partial charge in [-0.05, 0) is 32.9 Å². The van der Waals surface area contributed by atoms with Gasteiger partial charge in [0, 0.05) is 5.92 Å². The summed E-state index contributed by atoms with van der Waals surface area (Å²) in [7, 11) is 0. The number of allylic oxidation sites excluding steroid dienone is 4. The van der Waals surface area contributed by atoms with Gasteiger partial charge < -0.3 is 15.2 Å². The van der Waals surface area contributed by atoms with E-state index in [1.54, 1.807) is 20.8 Å². The maximum absolute atomic E-state index is 13.0. The van der Waals surface area contributed by atoms with E-state index in [4.69, 9.17) is 4.74 Å². The Bertz CT molecular complexity index is 474. The van der Waals surface area contributed by atoms with Crippen LogP contribution < -0.4 is 5.32 Å². The summed E-state index contributed by atoms with van der Waals surface area (Å²) in [5.41, 5.74) is -0.726.